The lowest BCUT2D eigenvalue weighted by Crippen LogP contribution is -2.31. The maximum absolute atomic E-state index is 12.7. The smallest absolute Gasteiger partial charge is 0.330 e. The van der Waals surface area contributed by atoms with Gasteiger partial charge in [-0.05, 0) is 48.6 Å². The summed E-state index contributed by atoms with van der Waals surface area (Å²) in [5.74, 6) is 1.94. The Morgan fingerprint density at radius 3 is 2.65 bits per heavy atom. The predicted octanol–water partition coefficient (Wildman–Crippen LogP) is 3.38. The van der Waals surface area contributed by atoms with Crippen molar-refractivity contribution in [3.8, 4) is 5.75 Å². The molecule has 2 aromatic heterocycles. The van der Waals surface area contributed by atoms with Gasteiger partial charge in [0.1, 0.15) is 28.6 Å². The Balaban J connectivity index is 1.23. The van der Waals surface area contributed by atoms with E-state index in [9.17, 15) is 14.7 Å². The average Bonchev–Trinajstić information content (AvgIpc) is 3.74. The molecule has 0 amide bonds. The molecule has 0 spiro atoms. The quantitative estimate of drug-likeness (QED) is 0.296. The molecule has 4 aromatic rings. The molecule has 0 aliphatic heterocycles. The zero-order valence-electron chi connectivity index (χ0n) is 18.4. The van der Waals surface area contributed by atoms with E-state index < -0.39 is 17.4 Å². The first-order chi connectivity index (χ1) is 16.6. The number of nitrogens with zero attached hydrogens (tertiary/aromatic N) is 3. The Kier molecular flexibility index (Phi) is 5.38. The second-order valence-electron chi connectivity index (χ2n) is 9.01. The van der Waals surface area contributed by atoms with Crippen LogP contribution >= 0.6 is 11.8 Å². The number of aliphatic hydroxyl groups excluding tert-OH is 1. The Labute approximate surface area is 199 Å². The number of rotatable bonds is 8. The standard InChI is InChI=1S/C25H24N4O4S/c30-18(12-33-19-10-7-14-3-1-2-4-16(14)11-19)13-34-24-20-22(26-21(27-24)15-5-6-15)29(17-8-9-17)25(32)28-23(20)31/h1-4,7,10-11,15,17-18,30H,5-6,8-9,12-13H2,(H,28,31,32). The van der Waals surface area contributed by atoms with E-state index in [1.54, 1.807) is 4.57 Å². The van der Waals surface area contributed by atoms with Gasteiger partial charge in [0.2, 0.25) is 0 Å². The number of benzene rings is 2. The number of aromatic amines is 1. The van der Waals surface area contributed by atoms with E-state index in [2.05, 4.69) is 15.0 Å². The number of aromatic nitrogens is 4. The van der Waals surface area contributed by atoms with Crippen molar-refractivity contribution in [3.63, 3.8) is 0 Å². The first-order valence-electron chi connectivity index (χ1n) is 11.6. The van der Waals surface area contributed by atoms with Crippen molar-refractivity contribution in [2.24, 2.45) is 0 Å². The second kappa shape index (κ2) is 8.56. The van der Waals surface area contributed by atoms with Gasteiger partial charge in [-0.1, -0.05) is 30.3 Å². The molecule has 2 heterocycles. The Hall–Kier alpha value is -3.17. The molecule has 9 heteroatoms. The maximum Gasteiger partial charge on any atom is 0.330 e. The lowest BCUT2D eigenvalue weighted by molar-refractivity contribution is 0.126. The first kappa shape index (κ1) is 21.4. The second-order valence-corrected chi connectivity index (χ2v) is 10.0. The van der Waals surface area contributed by atoms with E-state index in [4.69, 9.17) is 4.74 Å². The fraction of sp³-hybridized carbons (Fsp3) is 0.360. The molecular weight excluding hydrogens is 452 g/mol. The van der Waals surface area contributed by atoms with Gasteiger partial charge in [-0.15, -0.1) is 11.8 Å². The van der Waals surface area contributed by atoms with Gasteiger partial charge in [0.05, 0.1) is 6.10 Å². The number of hydrogen-bond acceptors (Lipinski definition) is 7. The molecule has 2 aromatic carbocycles. The molecule has 2 aliphatic rings. The highest BCUT2D eigenvalue weighted by Gasteiger charge is 2.32. The molecule has 1 unspecified atom stereocenters. The summed E-state index contributed by atoms with van der Waals surface area (Å²) < 4.78 is 7.42. The van der Waals surface area contributed by atoms with Crippen molar-refractivity contribution >= 4 is 33.6 Å². The van der Waals surface area contributed by atoms with Crippen LogP contribution in [0.3, 0.4) is 0 Å². The molecule has 34 heavy (non-hydrogen) atoms. The van der Waals surface area contributed by atoms with E-state index in [0.29, 0.717) is 33.4 Å². The van der Waals surface area contributed by atoms with Gasteiger partial charge < -0.3 is 9.84 Å². The van der Waals surface area contributed by atoms with Gasteiger partial charge in [0, 0.05) is 17.7 Å². The molecule has 2 fully saturated rings. The summed E-state index contributed by atoms with van der Waals surface area (Å²) in [5, 5.41) is 13.6. The van der Waals surface area contributed by atoms with Gasteiger partial charge in [-0.3, -0.25) is 14.3 Å². The minimum Gasteiger partial charge on any atom is -0.491 e. The number of thioether (sulfide) groups is 1. The van der Waals surface area contributed by atoms with Crippen LogP contribution in [0.1, 0.15) is 43.5 Å². The summed E-state index contributed by atoms with van der Waals surface area (Å²) in [6.07, 6.45) is 3.05. The van der Waals surface area contributed by atoms with E-state index in [-0.39, 0.29) is 18.6 Å². The van der Waals surface area contributed by atoms with Crippen LogP contribution in [0.5, 0.6) is 5.75 Å². The summed E-state index contributed by atoms with van der Waals surface area (Å²) in [6, 6.07) is 13.9. The number of nitrogens with one attached hydrogen (secondary N) is 1. The van der Waals surface area contributed by atoms with E-state index >= 15 is 0 Å². The normalized spacial score (nSPS) is 16.7. The van der Waals surface area contributed by atoms with Crippen molar-refractivity contribution in [2.75, 3.05) is 12.4 Å². The van der Waals surface area contributed by atoms with Crippen LogP contribution < -0.4 is 16.0 Å². The van der Waals surface area contributed by atoms with Crippen LogP contribution in [0.2, 0.25) is 0 Å². The van der Waals surface area contributed by atoms with E-state index in [1.165, 1.54) is 11.8 Å². The maximum atomic E-state index is 12.7. The van der Waals surface area contributed by atoms with Gasteiger partial charge in [-0.2, -0.15) is 0 Å². The third kappa shape index (κ3) is 4.21. The monoisotopic (exact) mass is 476 g/mol. The zero-order chi connectivity index (χ0) is 23.2. The van der Waals surface area contributed by atoms with Crippen molar-refractivity contribution in [2.45, 2.75) is 48.8 Å². The molecule has 8 nitrogen and oxygen atoms in total. The van der Waals surface area contributed by atoms with E-state index in [0.717, 1.165) is 36.5 Å². The third-order valence-corrected chi connectivity index (χ3v) is 7.32. The van der Waals surface area contributed by atoms with Crippen LogP contribution in [-0.2, 0) is 0 Å². The van der Waals surface area contributed by atoms with E-state index in [1.807, 2.05) is 42.5 Å². The lowest BCUT2D eigenvalue weighted by Gasteiger charge is -2.14. The number of fused-ring (bicyclic) bond motifs is 2. The molecular formula is C25H24N4O4S. The van der Waals surface area contributed by atoms with Crippen molar-refractivity contribution < 1.29 is 9.84 Å². The zero-order valence-corrected chi connectivity index (χ0v) is 19.3. The topological polar surface area (TPSA) is 110 Å². The number of hydrogen-bond donors (Lipinski definition) is 2. The average molecular weight is 477 g/mol. The van der Waals surface area contributed by atoms with Gasteiger partial charge >= 0.3 is 5.69 Å². The number of aliphatic hydroxyl groups is 1. The minimum absolute atomic E-state index is 0.0765. The molecule has 174 valence electrons. The molecule has 6 rings (SSSR count). The summed E-state index contributed by atoms with van der Waals surface area (Å²) in [4.78, 5) is 37.0. The molecule has 0 radical (unpaired) electrons. The van der Waals surface area contributed by atoms with Crippen LogP contribution in [0, 0.1) is 0 Å². The first-order valence-corrected chi connectivity index (χ1v) is 12.5. The molecule has 1 atom stereocenters. The minimum atomic E-state index is -0.765. The molecule has 0 saturated heterocycles. The SMILES string of the molecule is O=c1[nH]c(=O)n(C2CC2)c2nc(C3CC3)nc(SCC(O)COc3ccc4ccccc4c3)c12. The fourth-order valence-electron chi connectivity index (χ4n) is 4.11. The summed E-state index contributed by atoms with van der Waals surface area (Å²) in [6.45, 7) is 0.118. The molecule has 0 bridgehead atoms. The largest absolute Gasteiger partial charge is 0.491 e. The fourth-order valence-corrected chi connectivity index (χ4v) is 5.04. The molecule has 2 saturated carbocycles. The van der Waals surface area contributed by atoms with Crippen molar-refractivity contribution in [1.29, 1.82) is 0 Å². The summed E-state index contributed by atoms with van der Waals surface area (Å²) in [7, 11) is 0. The summed E-state index contributed by atoms with van der Waals surface area (Å²) in [5.41, 5.74) is -0.485. The summed E-state index contributed by atoms with van der Waals surface area (Å²) >= 11 is 1.30. The number of H-pyrrole nitrogens is 1. The van der Waals surface area contributed by atoms with Crippen LogP contribution in [-0.4, -0.2) is 43.1 Å². The van der Waals surface area contributed by atoms with Crippen LogP contribution in [0.15, 0.2) is 57.1 Å². The van der Waals surface area contributed by atoms with Gasteiger partial charge in [-0.25, -0.2) is 14.8 Å². The number of ether oxygens (including phenoxy) is 1. The Morgan fingerprint density at radius 2 is 1.88 bits per heavy atom. The van der Waals surface area contributed by atoms with Gasteiger partial charge in [0.15, 0.2) is 5.65 Å². The van der Waals surface area contributed by atoms with Crippen LogP contribution in [0.4, 0.5) is 0 Å². The highest BCUT2D eigenvalue weighted by Crippen LogP contribution is 2.41. The third-order valence-electron chi connectivity index (χ3n) is 6.20. The van der Waals surface area contributed by atoms with Crippen LogP contribution in [0.25, 0.3) is 21.8 Å². The highest BCUT2D eigenvalue weighted by molar-refractivity contribution is 7.99. The van der Waals surface area contributed by atoms with Crippen molar-refractivity contribution in [1.82, 2.24) is 19.5 Å². The predicted molar refractivity (Wildman–Crippen MR) is 131 cm³/mol. The van der Waals surface area contributed by atoms with Gasteiger partial charge in [0.25, 0.3) is 5.56 Å². The highest BCUT2D eigenvalue weighted by atomic mass is 32.2. The Bertz CT molecular complexity index is 1510. The Morgan fingerprint density at radius 1 is 1.09 bits per heavy atom. The van der Waals surface area contributed by atoms with Crippen molar-refractivity contribution in [3.05, 3.63) is 69.1 Å². The lowest BCUT2D eigenvalue weighted by atomic mass is 10.1. The molecule has 2 N–H and O–H groups in total. The molecule has 2 aliphatic carbocycles.